The largest absolute Gasteiger partial charge is 0.479 e. The maximum atomic E-state index is 10.0. The minimum Gasteiger partial charge on any atom is -0.479 e. The Morgan fingerprint density at radius 1 is 0.960 bits per heavy atom. The van der Waals surface area contributed by atoms with Crippen LogP contribution in [-0.4, -0.2) is 58.0 Å². The first-order valence-corrected chi connectivity index (χ1v) is 10.3. The fraction of sp³-hybridized carbons (Fsp3) is 0.947. The van der Waals surface area contributed by atoms with E-state index in [9.17, 15) is 10.2 Å². The second-order valence-electron chi connectivity index (χ2n) is 7.00. The summed E-state index contributed by atoms with van der Waals surface area (Å²) < 4.78 is 10.8. The lowest BCUT2D eigenvalue weighted by Gasteiger charge is -2.36. The van der Waals surface area contributed by atoms with Crippen LogP contribution in [-0.2, 0) is 9.47 Å². The molecule has 0 spiro atoms. The molecule has 0 aromatic carbocycles. The van der Waals surface area contributed by atoms with Crippen LogP contribution in [0.25, 0.3) is 0 Å². The van der Waals surface area contributed by atoms with E-state index in [1.54, 1.807) is 0 Å². The molecule has 5 nitrogen and oxygen atoms in total. The van der Waals surface area contributed by atoms with E-state index in [-0.39, 0.29) is 13.2 Å². The Hall–Kier alpha value is -0.270. The van der Waals surface area contributed by atoms with Crippen molar-refractivity contribution < 1.29 is 24.8 Å². The molecule has 6 heteroatoms. The molecule has 0 radical (unpaired) electrons. The minimum absolute atomic E-state index is 0.127. The molecule has 0 amide bonds. The van der Waals surface area contributed by atoms with Crippen LogP contribution in [0, 0.1) is 0 Å². The van der Waals surface area contributed by atoms with Crippen molar-refractivity contribution in [3.05, 3.63) is 0 Å². The summed E-state index contributed by atoms with van der Waals surface area (Å²) in [6, 6.07) is 0. The second-order valence-corrected chi connectivity index (χ2v) is 7.45. The molecule has 148 valence electrons. The molecule has 0 aliphatic carbocycles. The molecule has 0 saturated carbocycles. The molecule has 0 bridgehead atoms. The monoisotopic (exact) mass is 376 g/mol. The topological polar surface area (TPSA) is 79.2 Å². The zero-order chi connectivity index (χ0) is 18.5. The lowest BCUT2D eigenvalue weighted by atomic mass is 10.0. The van der Waals surface area contributed by atoms with E-state index in [2.05, 4.69) is 6.92 Å². The number of hydrogen-bond donors (Lipinski definition) is 3. The van der Waals surface area contributed by atoms with Gasteiger partial charge in [-0.15, -0.1) is 0 Å². The summed E-state index contributed by atoms with van der Waals surface area (Å²) in [6.07, 6.45) is 9.71. The summed E-state index contributed by atoms with van der Waals surface area (Å²) in [5, 5.41) is 29.3. The van der Waals surface area contributed by atoms with Gasteiger partial charge in [0.25, 0.3) is 0 Å². The maximum Gasteiger partial charge on any atom is 0.160 e. The van der Waals surface area contributed by atoms with Gasteiger partial charge >= 0.3 is 0 Å². The van der Waals surface area contributed by atoms with Crippen molar-refractivity contribution in [1.29, 1.82) is 0 Å². The lowest BCUT2D eigenvalue weighted by molar-refractivity contribution is -0.191. The highest BCUT2D eigenvalue weighted by atomic mass is 32.1. The highest BCUT2D eigenvalue weighted by molar-refractivity contribution is 7.80. The van der Waals surface area contributed by atoms with Crippen LogP contribution < -0.4 is 0 Å². The van der Waals surface area contributed by atoms with Gasteiger partial charge in [-0.25, -0.2) is 0 Å². The zero-order valence-corrected chi connectivity index (χ0v) is 16.4. The normalized spacial score (nSPS) is 26.6. The Morgan fingerprint density at radius 2 is 1.52 bits per heavy atom. The molecule has 4 atom stereocenters. The average molecular weight is 377 g/mol. The zero-order valence-electron chi connectivity index (χ0n) is 15.6. The van der Waals surface area contributed by atoms with Gasteiger partial charge in [-0.2, -0.15) is 0 Å². The van der Waals surface area contributed by atoms with Crippen molar-refractivity contribution in [3.8, 4) is 0 Å². The van der Waals surface area contributed by atoms with Crippen molar-refractivity contribution in [2.24, 2.45) is 0 Å². The standard InChI is InChI=1S/C19H36O5S/c1-2-3-4-5-6-7-8-9-10-11-12-17(25)24-16-14-23-15(13-20)18(21)19(16)22/h15-16,18-22H,2-14H2,1H3/t15-,16+,18-,19-/m1/s1. The predicted molar refractivity (Wildman–Crippen MR) is 103 cm³/mol. The molecule has 0 aromatic heterocycles. The molecule has 1 rings (SSSR count). The van der Waals surface area contributed by atoms with E-state index in [4.69, 9.17) is 26.8 Å². The second kappa shape index (κ2) is 13.9. The highest BCUT2D eigenvalue weighted by Crippen LogP contribution is 2.19. The van der Waals surface area contributed by atoms with Gasteiger partial charge < -0.3 is 24.8 Å². The van der Waals surface area contributed by atoms with Gasteiger partial charge in [0.05, 0.1) is 13.2 Å². The van der Waals surface area contributed by atoms with E-state index < -0.39 is 24.4 Å². The third-order valence-electron chi connectivity index (χ3n) is 4.78. The van der Waals surface area contributed by atoms with Gasteiger partial charge in [-0.3, -0.25) is 0 Å². The summed E-state index contributed by atoms with van der Waals surface area (Å²) in [7, 11) is 0. The maximum absolute atomic E-state index is 10.0. The van der Waals surface area contributed by atoms with Gasteiger partial charge in [-0.1, -0.05) is 64.7 Å². The van der Waals surface area contributed by atoms with Gasteiger partial charge in [0.2, 0.25) is 0 Å². The van der Waals surface area contributed by atoms with Crippen LogP contribution >= 0.6 is 12.2 Å². The van der Waals surface area contributed by atoms with Crippen LogP contribution in [0.3, 0.4) is 0 Å². The van der Waals surface area contributed by atoms with Gasteiger partial charge in [0.1, 0.15) is 18.3 Å². The molecule has 1 saturated heterocycles. The Bertz CT molecular complexity index is 353. The summed E-state index contributed by atoms with van der Waals surface area (Å²) in [5.74, 6) is 0. The molecule has 0 aromatic rings. The summed E-state index contributed by atoms with van der Waals surface area (Å²) in [4.78, 5) is 0. The van der Waals surface area contributed by atoms with Crippen LogP contribution in [0.15, 0.2) is 0 Å². The third-order valence-corrected chi connectivity index (χ3v) is 5.08. The Kier molecular flexibility index (Phi) is 12.6. The van der Waals surface area contributed by atoms with Crippen molar-refractivity contribution in [2.45, 2.75) is 102 Å². The molecule has 3 N–H and O–H groups in total. The molecule has 1 aliphatic heterocycles. The summed E-state index contributed by atoms with van der Waals surface area (Å²) in [6.45, 7) is 2.04. The molecule has 0 unspecified atom stereocenters. The van der Waals surface area contributed by atoms with E-state index in [1.165, 1.54) is 51.4 Å². The number of unbranched alkanes of at least 4 members (excludes halogenated alkanes) is 9. The van der Waals surface area contributed by atoms with Gasteiger partial charge in [-0.05, 0) is 18.6 Å². The summed E-state index contributed by atoms with van der Waals surface area (Å²) in [5.41, 5.74) is 0. The van der Waals surface area contributed by atoms with Gasteiger partial charge in [0, 0.05) is 6.42 Å². The number of ether oxygens (including phenoxy) is 2. The predicted octanol–water partition coefficient (Wildman–Crippen LogP) is 3.12. The number of aliphatic hydroxyl groups excluding tert-OH is 3. The van der Waals surface area contributed by atoms with E-state index in [0.29, 0.717) is 11.5 Å². The fourth-order valence-electron chi connectivity index (χ4n) is 3.10. The van der Waals surface area contributed by atoms with E-state index in [1.807, 2.05) is 0 Å². The SMILES string of the molecule is CCCCCCCCCCCCC(=S)O[C@H]1CO[C@H](CO)[C@@H](O)[C@@H]1O. The van der Waals surface area contributed by atoms with Crippen LogP contribution in [0.2, 0.25) is 0 Å². The average Bonchev–Trinajstić information content (AvgIpc) is 2.61. The number of rotatable bonds is 13. The first kappa shape index (κ1) is 22.8. The first-order valence-electron chi connectivity index (χ1n) is 9.88. The molecule has 1 heterocycles. The molecular formula is C19H36O5S. The van der Waals surface area contributed by atoms with Crippen LogP contribution in [0.5, 0.6) is 0 Å². The van der Waals surface area contributed by atoms with Crippen molar-refractivity contribution in [2.75, 3.05) is 13.2 Å². The Labute approximate surface area is 157 Å². The van der Waals surface area contributed by atoms with Gasteiger partial charge in [0.15, 0.2) is 11.2 Å². The number of thiocarbonyl (C=S) groups is 1. The number of hydrogen-bond acceptors (Lipinski definition) is 6. The van der Waals surface area contributed by atoms with E-state index >= 15 is 0 Å². The summed E-state index contributed by atoms with van der Waals surface area (Å²) >= 11 is 5.22. The van der Waals surface area contributed by atoms with Crippen molar-refractivity contribution in [3.63, 3.8) is 0 Å². The Morgan fingerprint density at radius 3 is 2.08 bits per heavy atom. The van der Waals surface area contributed by atoms with Crippen LogP contribution in [0.4, 0.5) is 0 Å². The minimum atomic E-state index is -1.15. The first-order chi connectivity index (χ1) is 12.1. The third kappa shape index (κ3) is 9.29. The lowest BCUT2D eigenvalue weighted by Crippen LogP contribution is -2.55. The number of aliphatic hydroxyl groups is 3. The molecular weight excluding hydrogens is 340 g/mol. The van der Waals surface area contributed by atoms with Crippen molar-refractivity contribution >= 4 is 17.3 Å². The van der Waals surface area contributed by atoms with Crippen molar-refractivity contribution in [1.82, 2.24) is 0 Å². The Balaban J connectivity index is 2.02. The van der Waals surface area contributed by atoms with E-state index in [0.717, 1.165) is 12.8 Å². The molecule has 25 heavy (non-hydrogen) atoms. The fourth-order valence-corrected chi connectivity index (χ4v) is 3.37. The molecule has 1 fully saturated rings. The quantitative estimate of drug-likeness (QED) is 0.339. The smallest absolute Gasteiger partial charge is 0.160 e. The van der Waals surface area contributed by atoms with Crippen LogP contribution in [0.1, 0.15) is 77.6 Å². The molecule has 1 aliphatic rings. The highest BCUT2D eigenvalue weighted by Gasteiger charge is 2.39.